The lowest BCUT2D eigenvalue weighted by Gasteiger charge is -2.26. The van der Waals surface area contributed by atoms with Gasteiger partial charge < -0.3 is 9.84 Å². The van der Waals surface area contributed by atoms with Crippen LogP contribution < -0.4 is 0 Å². The average Bonchev–Trinajstić information content (AvgIpc) is 2.41. The molecule has 0 bridgehead atoms. The minimum absolute atomic E-state index is 0.171. The summed E-state index contributed by atoms with van der Waals surface area (Å²) in [6.45, 7) is 4.92. The smallest absolute Gasteiger partial charge is 0.332 e. The van der Waals surface area contributed by atoms with E-state index < -0.39 is 12.1 Å². The van der Waals surface area contributed by atoms with Gasteiger partial charge in [-0.15, -0.1) is 0 Å². The molecule has 0 radical (unpaired) electrons. The highest BCUT2D eigenvalue weighted by Gasteiger charge is 2.19. The van der Waals surface area contributed by atoms with Crippen LogP contribution in [0, 0.1) is 0 Å². The molecular weight excluding hydrogens is 278 g/mol. The molecule has 5 heteroatoms. The summed E-state index contributed by atoms with van der Waals surface area (Å²) in [4.78, 5) is 13.1. The minimum atomic E-state index is -0.907. The number of carboxylic acid groups (broad SMARTS) is 1. The Bertz CT molecular complexity index is 439. The number of ether oxygens (including phenoxy) is 1. The van der Waals surface area contributed by atoms with Gasteiger partial charge in [0.2, 0.25) is 0 Å². The normalized spacial score (nSPS) is 14.2. The molecule has 0 fully saturated rings. The fourth-order valence-electron chi connectivity index (χ4n) is 2.01. The molecule has 112 valence electrons. The van der Waals surface area contributed by atoms with E-state index in [1.165, 1.54) is 0 Å². The highest BCUT2D eigenvalue weighted by atomic mass is 35.5. The summed E-state index contributed by atoms with van der Waals surface area (Å²) >= 11 is 5.99. The molecule has 0 aliphatic heterocycles. The second kappa shape index (κ2) is 8.25. The van der Waals surface area contributed by atoms with E-state index in [0.29, 0.717) is 24.6 Å². The van der Waals surface area contributed by atoms with E-state index in [-0.39, 0.29) is 6.04 Å². The molecule has 0 amide bonds. The number of hydrogen-bond donors (Lipinski definition) is 1. The highest BCUT2D eigenvalue weighted by Crippen LogP contribution is 2.22. The molecule has 1 N–H and O–H groups in total. The summed E-state index contributed by atoms with van der Waals surface area (Å²) in [5.41, 5.74) is 1.11. The van der Waals surface area contributed by atoms with Crippen molar-refractivity contribution in [1.82, 2.24) is 4.90 Å². The van der Waals surface area contributed by atoms with Crippen molar-refractivity contribution in [3.05, 3.63) is 34.9 Å². The number of hydrogen-bond acceptors (Lipinski definition) is 3. The van der Waals surface area contributed by atoms with Gasteiger partial charge in [0, 0.05) is 24.2 Å². The number of rotatable bonds is 8. The summed E-state index contributed by atoms with van der Waals surface area (Å²) < 4.78 is 5.21. The van der Waals surface area contributed by atoms with Gasteiger partial charge in [-0.2, -0.15) is 0 Å². The first-order chi connectivity index (χ1) is 9.45. The van der Waals surface area contributed by atoms with Crippen molar-refractivity contribution in [3.63, 3.8) is 0 Å². The molecule has 0 aliphatic rings. The number of benzene rings is 1. The summed E-state index contributed by atoms with van der Waals surface area (Å²) in [7, 11) is 1.97. The van der Waals surface area contributed by atoms with Crippen LogP contribution in [-0.2, 0) is 9.53 Å². The highest BCUT2D eigenvalue weighted by molar-refractivity contribution is 6.30. The monoisotopic (exact) mass is 299 g/mol. The van der Waals surface area contributed by atoms with Crippen molar-refractivity contribution in [3.8, 4) is 0 Å². The molecule has 0 saturated carbocycles. The zero-order valence-electron chi connectivity index (χ0n) is 12.2. The fourth-order valence-corrected chi connectivity index (χ4v) is 2.21. The molecule has 0 saturated heterocycles. The molecule has 1 rings (SSSR count). The van der Waals surface area contributed by atoms with Crippen LogP contribution in [-0.4, -0.2) is 42.3 Å². The van der Waals surface area contributed by atoms with Crippen LogP contribution in [0.4, 0.5) is 0 Å². The zero-order chi connectivity index (χ0) is 15.1. The molecule has 1 aromatic rings. The predicted molar refractivity (Wildman–Crippen MR) is 80.2 cm³/mol. The molecule has 0 aromatic heterocycles. The van der Waals surface area contributed by atoms with Crippen molar-refractivity contribution in [1.29, 1.82) is 0 Å². The molecule has 20 heavy (non-hydrogen) atoms. The van der Waals surface area contributed by atoms with Crippen molar-refractivity contribution in [2.45, 2.75) is 32.4 Å². The molecule has 2 unspecified atom stereocenters. The second-order valence-corrected chi connectivity index (χ2v) is 5.22. The van der Waals surface area contributed by atoms with Crippen molar-refractivity contribution < 1.29 is 14.6 Å². The lowest BCUT2D eigenvalue weighted by Crippen LogP contribution is -2.31. The first kappa shape index (κ1) is 17.0. The Morgan fingerprint density at radius 1 is 1.50 bits per heavy atom. The summed E-state index contributed by atoms with van der Waals surface area (Å²) in [6, 6.07) is 7.88. The van der Waals surface area contributed by atoms with Crippen LogP contribution in [0.25, 0.3) is 0 Å². The summed E-state index contributed by atoms with van der Waals surface area (Å²) in [6.07, 6.45) is -0.279. The van der Waals surface area contributed by atoms with E-state index in [2.05, 4.69) is 11.8 Å². The van der Waals surface area contributed by atoms with Gasteiger partial charge >= 0.3 is 5.97 Å². The molecule has 0 aliphatic carbocycles. The van der Waals surface area contributed by atoms with Gasteiger partial charge in [0.1, 0.15) is 0 Å². The molecule has 4 nitrogen and oxygen atoms in total. The van der Waals surface area contributed by atoms with Crippen molar-refractivity contribution in [2.24, 2.45) is 0 Å². The lowest BCUT2D eigenvalue weighted by atomic mass is 10.1. The van der Waals surface area contributed by atoms with E-state index in [1.54, 1.807) is 6.92 Å². The van der Waals surface area contributed by atoms with Gasteiger partial charge in [0.15, 0.2) is 6.10 Å². The van der Waals surface area contributed by atoms with Crippen molar-refractivity contribution >= 4 is 17.6 Å². The van der Waals surface area contributed by atoms with Gasteiger partial charge in [-0.1, -0.05) is 23.7 Å². The standard InChI is InChI=1S/C15H22ClNO3/c1-4-20-14(15(18)19)8-9-17(3)11(2)12-6-5-7-13(16)10-12/h5-7,10-11,14H,4,8-9H2,1-3H3,(H,18,19). The lowest BCUT2D eigenvalue weighted by molar-refractivity contribution is -0.150. The van der Waals surface area contributed by atoms with Crippen LogP contribution in [0.5, 0.6) is 0 Å². The summed E-state index contributed by atoms with van der Waals surface area (Å²) in [5.74, 6) is -0.907. The maximum absolute atomic E-state index is 11.0. The van der Waals surface area contributed by atoms with Crippen LogP contribution in [0.2, 0.25) is 5.02 Å². The Hall–Kier alpha value is -1.10. The number of halogens is 1. The maximum Gasteiger partial charge on any atom is 0.332 e. The van der Waals surface area contributed by atoms with Gasteiger partial charge in [-0.25, -0.2) is 4.79 Å². The van der Waals surface area contributed by atoms with E-state index in [0.717, 1.165) is 5.56 Å². The van der Waals surface area contributed by atoms with Crippen molar-refractivity contribution in [2.75, 3.05) is 20.2 Å². The Morgan fingerprint density at radius 2 is 2.20 bits per heavy atom. The summed E-state index contributed by atoms with van der Waals surface area (Å²) in [5, 5.41) is 9.76. The Morgan fingerprint density at radius 3 is 2.75 bits per heavy atom. The van der Waals surface area contributed by atoms with Crippen LogP contribution >= 0.6 is 11.6 Å². The average molecular weight is 300 g/mol. The fraction of sp³-hybridized carbons (Fsp3) is 0.533. The first-order valence-corrected chi connectivity index (χ1v) is 7.13. The topological polar surface area (TPSA) is 49.8 Å². The van der Waals surface area contributed by atoms with E-state index in [1.807, 2.05) is 31.3 Å². The van der Waals surface area contributed by atoms with Gasteiger partial charge in [-0.3, -0.25) is 4.90 Å². The largest absolute Gasteiger partial charge is 0.479 e. The predicted octanol–water partition coefficient (Wildman–Crippen LogP) is 3.21. The number of carboxylic acids is 1. The Balaban J connectivity index is 2.57. The molecule has 0 spiro atoms. The Labute approximate surface area is 125 Å². The number of carbonyl (C=O) groups is 1. The molecule has 1 aromatic carbocycles. The minimum Gasteiger partial charge on any atom is -0.479 e. The maximum atomic E-state index is 11.0. The number of aliphatic carboxylic acids is 1. The third-order valence-electron chi connectivity index (χ3n) is 3.38. The zero-order valence-corrected chi connectivity index (χ0v) is 12.9. The van der Waals surface area contributed by atoms with Gasteiger partial charge in [0.25, 0.3) is 0 Å². The van der Waals surface area contributed by atoms with Gasteiger partial charge in [-0.05, 0) is 45.0 Å². The molecule has 2 atom stereocenters. The van der Waals surface area contributed by atoms with Gasteiger partial charge in [0.05, 0.1) is 0 Å². The molecule has 0 heterocycles. The van der Waals surface area contributed by atoms with E-state index >= 15 is 0 Å². The first-order valence-electron chi connectivity index (χ1n) is 6.75. The SMILES string of the molecule is CCOC(CCN(C)C(C)c1cccc(Cl)c1)C(=O)O. The van der Waals surface area contributed by atoms with E-state index in [9.17, 15) is 4.79 Å². The van der Waals surface area contributed by atoms with Crippen LogP contribution in [0.1, 0.15) is 31.9 Å². The number of nitrogens with zero attached hydrogens (tertiary/aromatic N) is 1. The third kappa shape index (κ3) is 5.12. The van der Waals surface area contributed by atoms with Crippen LogP contribution in [0.15, 0.2) is 24.3 Å². The third-order valence-corrected chi connectivity index (χ3v) is 3.61. The second-order valence-electron chi connectivity index (χ2n) is 4.78. The Kier molecular flexibility index (Phi) is 6.99. The van der Waals surface area contributed by atoms with E-state index in [4.69, 9.17) is 21.4 Å². The molecular formula is C15H22ClNO3. The quantitative estimate of drug-likeness (QED) is 0.801. The van der Waals surface area contributed by atoms with Crippen LogP contribution in [0.3, 0.4) is 0 Å².